The lowest BCUT2D eigenvalue weighted by molar-refractivity contribution is -0.137. The Hall–Kier alpha value is -2.85. The van der Waals surface area contributed by atoms with Crippen molar-refractivity contribution < 1.29 is 13.2 Å². The van der Waals surface area contributed by atoms with E-state index in [1.807, 2.05) is 0 Å². The molecule has 0 radical (unpaired) electrons. The van der Waals surface area contributed by atoms with Gasteiger partial charge in [-0.2, -0.15) is 21.9 Å². The average Bonchev–Trinajstić information content (AvgIpc) is 3.07. The van der Waals surface area contributed by atoms with Crippen LogP contribution in [0.3, 0.4) is 0 Å². The number of nitrogens with zero attached hydrogens (tertiary/aromatic N) is 5. The van der Waals surface area contributed by atoms with Crippen molar-refractivity contribution in [2.24, 2.45) is 0 Å². The molecule has 4 aromatic rings. The summed E-state index contributed by atoms with van der Waals surface area (Å²) in [5.74, 6) is 0.270. The van der Waals surface area contributed by atoms with Gasteiger partial charge in [-0.25, -0.2) is 15.0 Å². The van der Waals surface area contributed by atoms with Crippen LogP contribution in [0.2, 0.25) is 5.15 Å². The van der Waals surface area contributed by atoms with E-state index in [4.69, 9.17) is 11.6 Å². The number of halogens is 4. The fourth-order valence-corrected chi connectivity index (χ4v) is 3.12. The fourth-order valence-electron chi connectivity index (χ4n) is 2.37. The number of aromatic nitrogens is 5. The SMILES string of the molecule is FC(F)(F)c1ccc(Nc2ccnc3nc(-c4nsnc4Cl)ccc23)nc1. The minimum atomic E-state index is -4.43. The third-order valence-corrected chi connectivity index (χ3v) is 4.54. The topological polar surface area (TPSA) is 76.5 Å². The molecule has 4 rings (SSSR count). The number of rotatable bonds is 3. The smallest absolute Gasteiger partial charge is 0.340 e. The molecular weight excluding hydrogens is 401 g/mol. The molecule has 0 amide bonds. The Morgan fingerprint density at radius 1 is 1.00 bits per heavy atom. The number of pyridine rings is 3. The number of fused-ring (bicyclic) bond motifs is 1. The van der Waals surface area contributed by atoms with Gasteiger partial charge in [0, 0.05) is 17.8 Å². The summed E-state index contributed by atoms with van der Waals surface area (Å²) in [6.07, 6.45) is -2.12. The van der Waals surface area contributed by atoms with E-state index in [0.717, 1.165) is 24.0 Å². The molecule has 0 unspecified atom stereocenters. The second kappa shape index (κ2) is 6.71. The molecule has 27 heavy (non-hydrogen) atoms. The first kappa shape index (κ1) is 17.6. The van der Waals surface area contributed by atoms with Gasteiger partial charge in [0.25, 0.3) is 0 Å². The Morgan fingerprint density at radius 3 is 2.52 bits per heavy atom. The fraction of sp³-hybridized carbons (Fsp3) is 0.0625. The summed E-state index contributed by atoms with van der Waals surface area (Å²) in [6, 6.07) is 7.40. The summed E-state index contributed by atoms with van der Waals surface area (Å²) in [4.78, 5) is 12.5. The zero-order valence-corrected chi connectivity index (χ0v) is 14.8. The second-order valence-corrected chi connectivity index (χ2v) is 6.27. The standard InChI is InChI=1S/C16H8ClF3N6S/c17-14-13(25-27-26-14)11-3-2-9-10(5-6-21-15(9)24-11)23-12-4-1-8(7-22-12)16(18,19)20/h1-7H,(H,21,22,23,24). The van der Waals surface area contributed by atoms with Crippen LogP contribution in [0, 0.1) is 0 Å². The van der Waals surface area contributed by atoms with Crippen molar-refractivity contribution in [2.45, 2.75) is 6.18 Å². The monoisotopic (exact) mass is 408 g/mol. The van der Waals surface area contributed by atoms with E-state index in [-0.39, 0.29) is 11.0 Å². The van der Waals surface area contributed by atoms with Crippen molar-refractivity contribution in [3.05, 3.63) is 53.4 Å². The van der Waals surface area contributed by atoms with Gasteiger partial charge in [0.1, 0.15) is 11.5 Å². The van der Waals surface area contributed by atoms with Crippen molar-refractivity contribution in [3.63, 3.8) is 0 Å². The van der Waals surface area contributed by atoms with E-state index in [1.54, 1.807) is 18.2 Å². The molecule has 136 valence electrons. The molecule has 4 aromatic heterocycles. The van der Waals surface area contributed by atoms with E-state index in [1.165, 1.54) is 12.3 Å². The van der Waals surface area contributed by atoms with Crippen LogP contribution in [-0.4, -0.2) is 23.7 Å². The number of alkyl halides is 3. The van der Waals surface area contributed by atoms with E-state index in [9.17, 15) is 13.2 Å². The molecule has 11 heteroatoms. The van der Waals surface area contributed by atoms with Crippen LogP contribution in [0.15, 0.2) is 42.7 Å². The van der Waals surface area contributed by atoms with Crippen LogP contribution in [-0.2, 0) is 6.18 Å². The van der Waals surface area contributed by atoms with Crippen LogP contribution >= 0.6 is 23.3 Å². The normalized spacial score (nSPS) is 11.7. The van der Waals surface area contributed by atoms with E-state index in [2.05, 4.69) is 29.0 Å². The van der Waals surface area contributed by atoms with Crippen molar-refractivity contribution >= 4 is 45.9 Å². The van der Waals surface area contributed by atoms with Crippen LogP contribution in [0.5, 0.6) is 0 Å². The van der Waals surface area contributed by atoms with Crippen LogP contribution in [0.25, 0.3) is 22.4 Å². The highest BCUT2D eigenvalue weighted by molar-refractivity contribution is 6.99. The largest absolute Gasteiger partial charge is 0.417 e. The summed E-state index contributed by atoms with van der Waals surface area (Å²) in [5.41, 5.74) is 1.21. The first-order valence-corrected chi connectivity index (χ1v) is 8.57. The number of hydrogen-bond donors (Lipinski definition) is 1. The second-order valence-electron chi connectivity index (χ2n) is 5.38. The lowest BCUT2D eigenvalue weighted by Gasteiger charge is -2.10. The molecule has 0 aliphatic carbocycles. The van der Waals surface area contributed by atoms with Gasteiger partial charge < -0.3 is 5.32 Å². The first-order valence-electron chi connectivity index (χ1n) is 7.46. The quantitative estimate of drug-likeness (QED) is 0.516. The summed E-state index contributed by atoms with van der Waals surface area (Å²) in [6.45, 7) is 0. The van der Waals surface area contributed by atoms with Crippen molar-refractivity contribution in [1.29, 1.82) is 0 Å². The molecule has 0 aliphatic heterocycles. The molecule has 6 nitrogen and oxygen atoms in total. The molecule has 1 N–H and O–H groups in total. The van der Waals surface area contributed by atoms with E-state index in [0.29, 0.717) is 28.1 Å². The third kappa shape index (κ3) is 3.53. The van der Waals surface area contributed by atoms with Gasteiger partial charge in [0.2, 0.25) is 0 Å². The molecule has 0 aromatic carbocycles. The Labute approximate surface area is 159 Å². The maximum absolute atomic E-state index is 12.6. The highest BCUT2D eigenvalue weighted by atomic mass is 35.5. The Kier molecular flexibility index (Phi) is 4.36. The molecule has 0 saturated carbocycles. The predicted octanol–water partition coefficient (Wildman–Crippen LogP) is 4.96. The van der Waals surface area contributed by atoms with Crippen molar-refractivity contribution in [3.8, 4) is 11.4 Å². The number of hydrogen-bond acceptors (Lipinski definition) is 7. The van der Waals surface area contributed by atoms with Gasteiger partial charge in [-0.1, -0.05) is 11.6 Å². The van der Waals surface area contributed by atoms with Crippen molar-refractivity contribution in [1.82, 2.24) is 23.7 Å². The summed E-state index contributed by atoms with van der Waals surface area (Å²) in [5, 5.41) is 3.91. The highest BCUT2D eigenvalue weighted by Crippen LogP contribution is 2.31. The zero-order valence-electron chi connectivity index (χ0n) is 13.2. The summed E-state index contributed by atoms with van der Waals surface area (Å²) >= 11 is 6.97. The van der Waals surface area contributed by atoms with Gasteiger partial charge in [0.05, 0.1) is 28.7 Å². The summed E-state index contributed by atoms with van der Waals surface area (Å²) < 4.78 is 45.9. The molecule has 4 heterocycles. The molecule has 0 fully saturated rings. The van der Waals surface area contributed by atoms with Gasteiger partial charge >= 0.3 is 6.18 Å². The van der Waals surface area contributed by atoms with Crippen LogP contribution < -0.4 is 5.32 Å². The minimum absolute atomic E-state index is 0.259. The molecule has 0 spiro atoms. The molecule has 0 atom stereocenters. The Balaban J connectivity index is 1.67. The van der Waals surface area contributed by atoms with Gasteiger partial charge in [0.15, 0.2) is 10.8 Å². The average molecular weight is 409 g/mol. The van der Waals surface area contributed by atoms with Crippen LogP contribution in [0.1, 0.15) is 5.56 Å². The zero-order chi connectivity index (χ0) is 19.0. The number of anilines is 2. The van der Waals surface area contributed by atoms with Crippen LogP contribution in [0.4, 0.5) is 24.7 Å². The van der Waals surface area contributed by atoms with Gasteiger partial charge in [-0.05, 0) is 30.3 Å². The first-order chi connectivity index (χ1) is 12.9. The predicted molar refractivity (Wildman–Crippen MR) is 96.0 cm³/mol. The van der Waals surface area contributed by atoms with Gasteiger partial charge in [-0.3, -0.25) is 0 Å². The van der Waals surface area contributed by atoms with Crippen molar-refractivity contribution in [2.75, 3.05) is 5.32 Å². The minimum Gasteiger partial charge on any atom is -0.340 e. The number of nitrogens with one attached hydrogen (secondary N) is 1. The molecule has 0 bridgehead atoms. The highest BCUT2D eigenvalue weighted by Gasteiger charge is 2.30. The molecule has 0 aliphatic rings. The van der Waals surface area contributed by atoms with E-state index >= 15 is 0 Å². The Morgan fingerprint density at radius 2 is 1.85 bits per heavy atom. The lowest BCUT2D eigenvalue weighted by Crippen LogP contribution is -2.06. The third-order valence-electron chi connectivity index (χ3n) is 3.65. The molecular formula is C16H8ClF3N6S. The Bertz CT molecular complexity index is 1110. The maximum Gasteiger partial charge on any atom is 0.417 e. The van der Waals surface area contributed by atoms with E-state index < -0.39 is 11.7 Å². The lowest BCUT2D eigenvalue weighted by atomic mass is 10.2. The summed E-state index contributed by atoms with van der Waals surface area (Å²) in [7, 11) is 0. The maximum atomic E-state index is 12.6. The molecule has 0 saturated heterocycles. The van der Waals surface area contributed by atoms with Gasteiger partial charge in [-0.15, -0.1) is 0 Å².